The maximum atomic E-state index is 9.83. The molecule has 0 radical (unpaired) electrons. The van der Waals surface area contributed by atoms with Crippen LogP contribution in [0.15, 0.2) is 0 Å². The van der Waals surface area contributed by atoms with Gasteiger partial charge in [-0.3, -0.25) is 4.52 Å². The van der Waals surface area contributed by atoms with Gasteiger partial charge in [-0.25, -0.2) is 4.57 Å². The Morgan fingerprint density at radius 1 is 1.67 bits per heavy atom. The summed E-state index contributed by atoms with van der Waals surface area (Å²) in [6.07, 6.45) is -0.921. The average Bonchev–Trinajstić information content (AvgIpc) is 1.21. The Hall–Kier alpha value is 0.602. The first kappa shape index (κ1) is 12.3. The molecule has 0 rings (SSSR count). The van der Waals surface area contributed by atoms with E-state index in [1.165, 1.54) is 6.92 Å². The maximum Gasteiger partial charge on any atom is 0.471 e. The van der Waals surface area contributed by atoms with Crippen molar-refractivity contribution in [2.45, 2.75) is 13.2 Å². The number of rotatable bonds is 2. The fourth-order valence-corrected chi connectivity index (χ4v) is 0.650. The van der Waals surface area contributed by atoms with Crippen LogP contribution in [0.1, 0.15) is 6.92 Å². The van der Waals surface area contributed by atoms with Gasteiger partial charge in [0.1, 0.15) is 6.23 Å². The number of phosphoric ester groups is 1. The van der Waals surface area contributed by atoms with Gasteiger partial charge in [0, 0.05) is 17.4 Å². The predicted molar refractivity (Wildman–Crippen MR) is 26.8 cm³/mol. The summed E-state index contributed by atoms with van der Waals surface area (Å²) in [5.74, 6) is 0. The summed E-state index contributed by atoms with van der Waals surface area (Å²) in [6.45, 7) is 1.33. The molecule has 0 aliphatic heterocycles. The molecular formula is C2H8CrNO4P. The molecule has 9 heavy (non-hydrogen) atoms. The van der Waals surface area contributed by atoms with Crippen LogP contribution in [0.4, 0.5) is 0 Å². The minimum atomic E-state index is -4.35. The molecule has 0 fully saturated rings. The Kier molecular flexibility index (Phi) is 6.04. The topological polar surface area (TPSA) is 92.8 Å². The van der Waals surface area contributed by atoms with Gasteiger partial charge in [-0.1, -0.05) is 0 Å². The summed E-state index contributed by atoms with van der Waals surface area (Å²) >= 11 is 0. The average molecular weight is 193 g/mol. The normalized spacial score (nSPS) is 14.2. The van der Waals surface area contributed by atoms with E-state index < -0.39 is 14.1 Å². The summed E-state index contributed by atoms with van der Waals surface area (Å²) in [5, 5.41) is 0. The predicted octanol–water partition coefficient (Wildman–Crippen LogP) is -0.602. The van der Waals surface area contributed by atoms with E-state index in [0.717, 1.165) is 0 Å². The molecule has 0 spiro atoms. The Balaban J connectivity index is 0. The van der Waals surface area contributed by atoms with Gasteiger partial charge in [0.15, 0.2) is 0 Å². The third-order valence-corrected chi connectivity index (χ3v) is 0.911. The third-order valence-electron chi connectivity index (χ3n) is 0.304. The maximum absolute atomic E-state index is 9.83. The molecular weight excluding hydrogens is 185 g/mol. The quantitative estimate of drug-likeness (QED) is 0.402. The summed E-state index contributed by atoms with van der Waals surface area (Å²) < 4.78 is 13.7. The standard InChI is InChI=1S/C2H8NO4P.Cr/c1-2(3)7-8(4,5)6;/h2H,3H2,1H3,(H2,4,5,6);. The van der Waals surface area contributed by atoms with Gasteiger partial charge < -0.3 is 15.5 Å². The first-order chi connectivity index (χ1) is 3.42. The van der Waals surface area contributed by atoms with Crippen LogP contribution >= 0.6 is 7.82 Å². The van der Waals surface area contributed by atoms with E-state index in [2.05, 4.69) is 4.52 Å². The van der Waals surface area contributed by atoms with Gasteiger partial charge in [-0.2, -0.15) is 0 Å². The number of phosphoric acid groups is 1. The van der Waals surface area contributed by atoms with Crippen molar-refractivity contribution in [3.63, 3.8) is 0 Å². The summed E-state index contributed by atoms with van der Waals surface area (Å²) in [5.41, 5.74) is 4.86. The Labute approximate surface area is 63.6 Å². The number of nitrogens with two attached hydrogens (primary N) is 1. The van der Waals surface area contributed by atoms with E-state index >= 15 is 0 Å². The minimum Gasteiger partial charge on any atom is -0.306 e. The Morgan fingerprint density at radius 3 is 2.00 bits per heavy atom. The van der Waals surface area contributed by atoms with Crippen molar-refractivity contribution in [2.75, 3.05) is 0 Å². The first-order valence-electron chi connectivity index (χ1n) is 1.91. The van der Waals surface area contributed by atoms with E-state index in [9.17, 15) is 4.57 Å². The van der Waals surface area contributed by atoms with Crippen LogP contribution in [-0.4, -0.2) is 16.0 Å². The van der Waals surface area contributed by atoms with E-state index in [-0.39, 0.29) is 17.4 Å². The van der Waals surface area contributed by atoms with Crippen molar-refractivity contribution in [3.8, 4) is 0 Å². The third kappa shape index (κ3) is 11.9. The second kappa shape index (κ2) is 4.42. The zero-order valence-electron chi connectivity index (χ0n) is 4.72. The molecule has 1 atom stereocenters. The van der Waals surface area contributed by atoms with E-state index in [1.807, 2.05) is 0 Å². The molecule has 0 aromatic rings. The van der Waals surface area contributed by atoms with Crippen LogP contribution in [0.3, 0.4) is 0 Å². The van der Waals surface area contributed by atoms with Crippen LogP contribution in [0.25, 0.3) is 0 Å². The molecule has 0 heterocycles. The minimum absolute atomic E-state index is 0. The van der Waals surface area contributed by atoms with Crippen LogP contribution in [0, 0.1) is 0 Å². The molecule has 0 aromatic heterocycles. The molecule has 0 aliphatic carbocycles. The van der Waals surface area contributed by atoms with Crippen molar-refractivity contribution < 1.29 is 36.2 Å². The van der Waals surface area contributed by atoms with Crippen molar-refractivity contribution in [3.05, 3.63) is 0 Å². The smallest absolute Gasteiger partial charge is 0.306 e. The van der Waals surface area contributed by atoms with Crippen LogP contribution in [-0.2, 0) is 26.4 Å². The number of hydrogen-bond acceptors (Lipinski definition) is 3. The van der Waals surface area contributed by atoms with Crippen LogP contribution < -0.4 is 5.73 Å². The molecule has 0 amide bonds. The summed E-state index contributed by atoms with van der Waals surface area (Å²) in [6, 6.07) is 0. The van der Waals surface area contributed by atoms with Gasteiger partial charge in [0.05, 0.1) is 0 Å². The molecule has 0 saturated carbocycles. The van der Waals surface area contributed by atoms with Gasteiger partial charge in [-0.05, 0) is 6.92 Å². The zero-order valence-corrected chi connectivity index (χ0v) is 6.89. The van der Waals surface area contributed by atoms with Crippen molar-refractivity contribution in [1.82, 2.24) is 0 Å². The van der Waals surface area contributed by atoms with Crippen LogP contribution in [0.5, 0.6) is 0 Å². The summed E-state index contributed by atoms with van der Waals surface area (Å²) in [7, 11) is -4.35. The van der Waals surface area contributed by atoms with Gasteiger partial charge in [-0.15, -0.1) is 0 Å². The molecule has 0 aromatic carbocycles. The van der Waals surface area contributed by atoms with Crippen molar-refractivity contribution in [2.24, 2.45) is 5.73 Å². The fraction of sp³-hybridized carbons (Fsp3) is 1.00. The Bertz CT molecular complexity index is 111. The largest absolute Gasteiger partial charge is 0.471 e. The molecule has 0 aliphatic rings. The zero-order chi connectivity index (χ0) is 6.78. The van der Waals surface area contributed by atoms with E-state index in [4.69, 9.17) is 15.5 Å². The molecule has 7 heteroatoms. The molecule has 56 valence electrons. The monoisotopic (exact) mass is 193 g/mol. The van der Waals surface area contributed by atoms with Crippen LogP contribution in [0.2, 0.25) is 0 Å². The fourth-order valence-electron chi connectivity index (χ4n) is 0.217. The first-order valence-corrected chi connectivity index (χ1v) is 3.44. The molecule has 4 N–H and O–H groups in total. The number of hydrogen-bond donors (Lipinski definition) is 3. The molecule has 5 nitrogen and oxygen atoms in total. The van der Waals surface area contributed by atoms with E-state index in [0.29, 0.717) is 0 Å². The molecule has 1 unspecified atom stereocenters. The summed E-state index contributed by atoms with van der Waals surface area (Å²) in [4.78, 5) is 16.0. The van der Waals surface area contributed by atoms with Gasteiger partial charge in [0.25, 0.3) is 0 Å². The van der Waals surface area contributed by atoms with Crippen molar-refractivity contribution >= 4 is 7.82 Å². The second-order valence-electron chi connectivity index (χ2n) is 1.30. The van der Waals surface area contributed by atoms with Crippen molar-refractivity contribution in [1.29, 1.82) is 0 Å². The second-order valence-corrected chi connectivity index (χ2v) is 2.49. The Morgan fingerprint density at radius 2 is 2.00 bits per heavy atom. The SMILES string of the molecule is CC(N)OP(=O)(O)O.[Cr]. The molecule has 0 bridgehead atoms. The molecule has 0 saturated heterocycles. The van der Waals surface area contributed by atoms with E-state index in [1.54, 1.807) is 0 Å². The van der Waals surface area contributed by atoms with Gasteiger partial charge in [0.2, 0.25) is 0 Å². The van der Waals surface area contributed by atoms with Gasteiger partial charge >= 0.3 is 7.82 Å².